The van der Waals surface area contributed by atoms with Crippen LogP contribution in [0.5, 0.6) is 5.75 Å². The van der Waals surface area contributed by atoms with Crippen molar-refractivity contribution in [3.05, 3.63) is 81.4 Å². The number of hydrogen-bond donors (Lipinski definition) is 1. The van der Waals surface area contributed by atoms with E-state index in [1.165, 1.54) is 11.1 Å². The van der Waals surface area contributed by atoms with Gasteiger partial charge >= 0.3 is 5.97 Å². The molecule has 0 saturated carbocycles. The van der Waals surface area contributed by atoms with Crippen molar-refractivity contribution in [2.75, 3.05) is 19.6 Å². The zero-order valence-corrected chi connectivity index (χ0v) is 24.4. The van der Waals surface area contributed by atoms with Gasteiger partial charge in [0.2, 0.25) is 0 Å². The molecule has 1 fully saturated rings. The molecule has 2 atom stereocenters. The summed E-state index contributed by atoms with van der Waals surface area (Å²) in [5, 5.41) is 11.0. The van der Waals surface area contributed by atoms with Crippen LogP contribution in [-0.2, 0) is 17.8 Å². The monoisotopic (exact) mass is 576 g/mol. The van der Waals surface area contributed by atoms with E-state index in [0.29, 0.717) is 19.1 Å². The number of hydrogen-bond acceptors (Lipinski definition) is 4. The molecule has 5 nitrogen and oxygen atoms in total. The minimum absolute atomic E-state index is 0.200. The molecule has 2 aliphatic heterocycles. The van der Waals surface area contributed by atoms with Crippen LogP contribution in [0.4, 0.5) is 5.69 Å². The van der Waals surface area contributed by atoms with Crippen LogP contribution in [0.25, 0.3) is 10.6 Å². The van der Waals surface area contributed by atoms with Crippen LogP contribution in [0, 0.1) is 17.8 Å². The Bertz CT molecular complexity index is 1490. The van der Waals surface area contributed by atoms with Crippen molar-refractivity contribution in [1.29, 1.82) is 0 Å². The summed E-state index contributed by atoms with van der Waals surface area (Å²) in [5.74, 6) is 0.441. The van der Waals surface area contributed by atoms with Crippen molar-refractivity contribution < 1.29 is 14.6 Å². The molecule has 1 N–H and O–H groups in total. The van der Waals surface area contributed by atoms with E-state index in [1.807, 2.05) is 18.2 Å². The van der Waals surface area contributed by atoms with Crippen LogP contribution in [0.3, 0.4) is 0 Å². The quantitative estimate of drug-likeness (QED) is 0.364. The van der Waals surface area contributed by atoms with E-state index in [-0.39, 0.29) is 11.8 Å². The van der Waals surface area contributed by atoms with Crippen LogP contribution in [-0.4, -0.2) is 41.3 Å². The van der Waals surface area contributed by atoms with Gasteiger partial charge in [-0.15, -0.1) is 0 Å². The number of aliphatic carboxylic acids is 1. The number of piperidine rings is 1. The van der Waals surface area contributed by atoms with Crippen LogP contribution >= 0.6 is 23.2 Å². The lowest BCUT2D eigenvalue weighted by Crippen LogP contribution is -2.39. The number of ether oxygens (including phenoxy) is 1. The third-order valence-electron chi connectivity index (χ3n) is 8.55. The summed E-state index contributed by atoms with van der Waals surface area (Å²) in [4.78, 5) is 18.7. The van der Waals surface area contributed by atoms with E-state index in [0.717, 1.165) is 88.2 Å². The summed E-state index contributed by atoms with van der Waals surface area (Å²) < 4.78 is 6.33. The normalized spacial score (nSPS) is 22.3. The van der Waals surface area contributed by atoms with Gasteiger partial charge in [-0.05, 0) is 90.8 Å². The maximum absolute atomic E-state index is 11.5. The molecule has 0 amide bonds. The summed E-state index contributed by atoms with van der Waals surface area (Å²) in [6.07, 6.45) is 7.57. The Morgan fingerprint density at radius 1 is 1.20 bits per heavy atom. The molecule has 1 unspecified atom stereocenters. The summed E-state index contributed by atoms with van der Waals surface area (Å²) in [7, 11) is 0. The number of nitrogens with zero attached hydrogens (tertiary/aromatic N) is 2. The number of allylic oxidation sites excluding steroid dienone is 4. The van der Waals surface area contributed by atoms with Gasteiger partial charge in [0.15, 0.2) is 0 Å². The Balaban J connectivity index is 1.17. The first-order chi connectivity index (χ1) is 19.3. The first-order valence-corrected chi connectivity index (χ1v) is 14.9. The smallest absolute Gasteiger partial charge is 0.307 e. The summed E-state index contributed by atoms with van der Waals surface area (Å²) in [5.41, 5.74) is 8.82. The molecule has 1 saturated heterocycles. The van der Waals surface area contributed by atoms with Crippen molar-refractivity contribution in [3.8, 4) is 5.75 Å². The Morgan fingerprint density at radius 3 is 2.85 bits per heavy atom. The maximum atomic E-state index is 11.5. The van der Waals surface area contributed by atoms with Crippen LogP contribution < -0.4 is 4.74 Å². The summed E-state index contributed by atoms with van der Waals surface area (Å²) >= 11 is 13.4. The van der Waals surface area contributed by atoms with Gasteiger partial charge in [0.1, 0.15) is 12.4 Å². The number of carbonyl (C=O) groups is 1. The highest BCUT2D eigenvalue weighted by atomic mass is 35.5. The van der Waals surface area contributed by atoms with Gasteiger partial charge in [-0.3, -0.25) is 14.7 Å². The van der Waals surface area contributed by atoms with Gasteiger partial charge in [0.25, 0.3) is 0 Å². The average Bonchev–Trinajstić information content (AvgIpc) is 3.32. The number of benzene rings is 2. The lowest BCUT2D eigenvalue weighted by molar-refractivity contribution is -0.143. The highest BCUT2D eigenvalue weighted by molar-refractivity contribution is 6.49. The summed E-state index contributed by atoms with van der Waals surface area (Å²) in [6.45, 7) is 7.08. The first kappa shape index (κ1) is 27.3. The van der Waals surface area contributed by atoms with Crippen molar-refractivity contribution >= 4 is 51.2 Å². The number of aryl methyl sites for hydroxylation is 1. The molecule has 7 heteroatoms. The van der Waals surface area contributed by atoms with Crippen molar-refractivity contribution in [3.63, 3.8) is 0 Å². The molecule has 2 aromatic carbocycles. The lowest BCUT2D eigenvalue weighted by Gasteiger charge is -2.32. The third-order valence-corrected chi connectivity index (χ3v) is 9.26. The minimum atomic E-state index is -0.699. The number of likely N-dealkylation sites (tertiary alicyclic amines) is 1. The fourth-order valence-electron chi connectivity index (χ4n) is 6.42. The van der Waals surface area contributed by atoms with Gasteiger partial charge in [-0.1, -0.05) is 55.3 Å². The largest absolute Gasteiger partial charge is 0.489 e. The van der Waals surface area contributed by atoms with Gasteiger partial charge in [-0.25, -0.2) is 0 Å². The van der Waals surface area contributed by atoms with Crippen LogP contribution in [0.15, 0.2) is 64.1 Å². The molecule has 0 radical (unpaired) electrons. The van der Waals surface area contributed by atoms with E-state index in [4.69, 9.17) is 32.9 Å². The van der Waals surface area contributed by atoms with Crippen molar-refractivity contribution in [1.82, 2.24) is 4.90 Å². The Kier molecular flexibility index (Phi) is 7.64. The molecular weight excluding hydrogens is 543 g/mol. The molecule has 6 rings (SSSR count). The zero-order chi connectivity index (χ0) is 28.0. The topological polar surface area (TPSA) is 62.1 Å². The third kappa shape index (κ3) is 5.27. The predicted octanol–water partition coefficient (Wildman–Crippen LogP) is 7.84. The molecule has 2 heterocycles. The average molecular weight is 578 g/mol. The van der Waals surface area contributed by atoms with Crippen LogP contribution in [0.2, 0.25) is 0 Å². The Labute approximate surface area is 245 Å². The van der Waals surface area contributed by atoms with E-state index >= 15 is 0 Å². The van der Waals surface area contributed by atoms with Crippen LogP contribution in [0.1, 0.15) is 55.4 Å². The van der Waals surface area contributed by atoms with Gasteiger partial charge in [0.05, 0.1) is 17.3 Å². The molecule has 2 aromatic rings. The SMILES string of the molecule is CC(C)C1C=C(Cl)C=C2C1=Nc1cccc(COc3ccc4c(c3)CCC(CN3CCC[C@@H](C(=O)O)C3)=C4Cl)c12. The molecule has 40 heavy (non-hydrogen) atoms. The number of carboxylic acid groups (broad SMARTS) is 1. The molecule has 208 valence electrons. The standard InChI is InChI=1S/C33H34Cl2N2O3/c1-19(2)27-14-24(34)15-28-30-23(5-3-7-29(30)36-32(27)28)18-40-25-10-11-26-20(13-25)8-9-21(31(26)35)16-37-12-4-6-22(17-37)33(38)39/h3,5,7,10-11,13-15,19,22,27H,4,6,8-9,12,16-18H2,1-2H3,(H,38,39)/t22-,27?/m1/s1. The fourth-order valence-corrected chi connectivity index (χ4v) is 7.00. The van der Waals surface area contributed by atoms with E-state index < -0.39 is 5.97 Å². The maximum Gasteiger partial charge on any atom is 0.307 e. The molecule has 4 aliphatic rings. The van der Waals surface area contributed by atoms with Gasteiger partial charge in [-0.2, -0.15) is 0 Å². The Hall–Kier alpha value is -2.86. The highest BCUT2D eigenvalue weighted by Crippen LogP contribution is 2.45. The second kappa shape index (κ2) is 11.2. The van der Waals surface area contributed by atoms with Gasteiger partial charge in [0, 0.05) is 40.2 Å². The molecule has 0 spiro atoms. The van der Waals surface area contributed by atoms with Crippen molar-refractivity contribution in [2.45, 2.75) is 46.1 Å². The van der Waals surface area contributed by atoms with E-state index in [1.54, 1.807) is 0 Å². The second-order valence-corrected chi connectivity index (χ2v) is 12.4. The number of carboxylic acids is 1. The predicted molar refractivity (Wildman–Crippen MR) is 162 cm³/mol. The highest BCUT2D eigenvalue weighted by Gasteiger charge is 2.33. The Morgan fingerprint density at radius 2 is 2.05 bits per heavy atom. The molecule has 2 aliphatic carbocycles. The second-order valence-electron chi connectivity index (χ2n) is 11.6. The molecule has 0 aromatic heterocycles. The fraction of sp³-hybridized carbons (Fsp3) is 0.394. The number of aliphatic imine (C=N–C) groups is 1. The van der Waals surface area contributed by atoms with E-state index in [2.05, 4.69) is 49.1 Å². The molecule has 0 bridgehead atoms. The summed E-state index contributed by atoms with van der Waals surface area (Å²) in [6, 6.07) is 12.4. The minimum Gasteiger partial charge on any atom is -0.489 e. The number of rotatable bonds is 7. The first-order valence-electron chi connectivity index (χ1n) is 14.2. The number of halogens is 2. The van der Waals surface area contributed by atoms with Gasteiger partial charge < -0.3 is 9.84 Å². The zero-order valence-electron chi connectivity index (χ0n) is 22.9. The van der Waals surface area contributed by atoms with E-state index in [9.17, 15) is 9.90 Å². The lowest BCUT2D eigenvalue weighted by atomic mass is 9.82. The molecular formula is C33H34Cl2N2O3. The van der Waals surface area contributed by atoms with Crippen molar-refractivity contribution in [2.24, 2.45) is 22.7 Å². The number of fused-ring (bicyclic) bond motifs is 4.